The molecule has 0 bridgehead atoms. The van der Waals surface area contributed by atoms with Crippen molar-refractivity contribution in [1.82, 2.24) is 4.98 Å². The Kier molecular flexibility index (Phi) is 5.51. The molecule has 1 aliphatic heterocycles. The summed E-state index contributed by atoms with van der Waals surface area (Å²) >= 11 is 0. The fraction of sp³-hybridized carbons (Fsp3) is 0.333. The van der Waals surface area contributed by atoms with Gasteiger partial charge in [-0.15, -0.1) is 0 Å². The number of Topliss-reactive ketones (excluding diaryl/α,β-unsaturated/α-hetero) is 1. The number of hydrogen-bond acceptors (Lipinski definition) is 5. The fourth-order valence-corrected chi connectivity index (χ4v) is 3.34. The lowest BCUT2D eigenvalue weighted by Crippen LogP contribution is -2.41. The monoisotopic (exact) mass is 362 g/mol. The number of rotatable bonds is 4. The highest BCUT2D eigenvalue weighted by molar-refractivity contribution is 6.00. The molecule has 1 saturated heterocycles. The van der Waals surface area contributed by atoms with Gasteiger partial charge in [-0.2, -0.15) is 5.26 Å². The van der Waals surface area contributed by atoms with Crippen molar-refractivity contribution in [2.75, 3.05) is 23.3 Å². The lowest BCUT2D eigenvalue weighted by atomic mass is 9.95. The molecule has 0 radical (unpaired) electrons. The number of amides is 1. The molecule has 1 N–H and O–H groups in total. The van der Waals surface area contributed by atoms with Crippen molar-refractivity contribution in [2.45, 2.75) is 26.7 Å². The highest BCUT2D eigenvalue weighted by Crippen LogP contribution is 2.28. The number of hydrogen-bond donors (Lipinski definition) is 1. The number of nitriles is 1. The predicted octanol–water partition coefficient (Wildman–Crippen LogP) is 3.32. The van der Waals surface area contributed by atoms with Crippen molar-refractivity contribution in [3.05, 3.63) is 53.2 Å². The first-order valence-corrected chi connectivity index (χ1v) is 9.01. The molecule has 6 nitrogen and oxygen atoms in total. The van der Waals surface area contributed by atoms with E-state index in [-0.39, 0.29) is 17.6 Å². The Morgan fingerprint density at radius 3 is 2.78 bits per heavy atom. The van der Waals surface area contributed by atoms with Gasteiger partial charge < -0.3 is 10.2 Å². The molecule has 1 fully saturated rings. The van der Waals surface area contributed by atoms with Crippen LogP contribution < -0.4 is 10.2 Å². The van der Waals surface area contributed by atoms with E-state index in [2.05, 4.69) is 16.4 Å². The van der Waals surface area contributed by atoms with E-state index in [9.17, 15) is 14.9 Å². The molecular weight excluding hydrogens is 340 g/mol. The van der Waals surface area contributed by atoms with Gasteiger partial charge in [0.15, 0.2) is 5.78 Å². The molecule has 0 spiro atoms. The third-order valence-electron chi connectivity index (χ3n) is 4.80. The molecule has 1 aromatic heterocycles. The smallest absolute Gasteiger partial charge is 0.230 e. The number of nitrogens with one attached hydrogen (secondary N) is 1. The molecule has 2 heterocycles. The maximum atomic E-state index is 12.7. The molecule has 0 aliphatic carbocycles. The number of aryl methyl sites for hydroxylation is 1. The summed E-state index contributed by atoms with van der Waals surface area (Å²) in [5.41, 5.74) is 2.85. The minimum absolute atomic E-state index is 0.0510. The number of ketones is 1. The number of nitrogens with zero attached hydrogens (tertiary/aromatic N) is 3. The van der Waals surface area contributed by atoms with Gasteiger partial charge in [0.05, 0.1) is 17.6 Å². The first-order valence-electron chi connectivity index (χ1n) is 9.01. The third kappa shape index (κ3) is 4.32. The Labute approximate surface area is 158 Å². The minimum Gasteiger partial charge on any atom is -0.370 e. The number of carbonyl (C=O) groups is 2. The zero-order valence-electron chi connectivity index (χ0n) is 15.5. The summed E-state index contributed by atoms with van der Waals surface area (Å²) in [6.45, 7) is 4.72. The van der Waals surface area contributed by atoms with Crippen LogP contribution in [0.3, 0.4) is 0 Å². The Morgan fingerprint density at radius 2 is 2.11 bits per heavy atom. The van der Waals surface area contributed by atoms with Crippen LogP contribution in [0.1, 0.15) is 41.3 Å². The van der Waals surface area contributed by atoms with Crippen molar-refractivity contribution in [3.63, 3.8) is 0 Å². The van der Waals surface area contributed by atoms with Crippen LogP contribution in [-0.2, 0) is 4.79 Å². The standard InChI is InChI=1S/C21H22N4O2/c1-14-5-8-20(23-12-14)24-21(27)17-4-3-9-25(13-17)19-10-16(11-22)6-7-18(19)15(2)26/h5-8,10,12,17H,3-4,9,13H2,1-2H3,(H,23,24,27). The van der Waals surface area contributed by atoms with Crippen molar-refractivity contribution < 1.29 is 9.59 Å². The van der Waals surface area contributed by atoms with Crippen molar-refractivity contribution in [2.24, 2.45) is 5.92 Å². The summed E-state index contributed by atoms with van der Waals surface area (Å²) < 4.78 is 0. The van der Waals surface area contributed by atoms with Gasteiger partial charge >= 0.3 is 0 Å². The van der Waals surface area contributed by atoms with Crippen LogP contribution in [0.5, 0.6) is 0 Å². The molecule has 6 heteroatoms. The van der Waals surface area contributed by atoms with Gasteiger partial charge in [0.1, 0.15) is 5.82 Å². The van der Waals surface area contributed by atoms with Gasteiger partial charge in [-0.1, -0.05) is 6.07 Å². The minimum atomic E-state index is -0.201. The van der Waals surface area contributed by atoms with E-state index < -0.39 is 0 Å². The number of aromatic nitrogens is 1. The number of benzene rings is 1. The van der Waals surface area contributed by atoms with E-state index in [1.54, 1.807) is 30.5 Å². The first-order chi connectivity index (χ1) is 13.0. The average Bonchev–Trinajstić information content (AvgIpc) is 2.69. The topological polar surface area (TPSA) is 86.1 Å². The normalized spacial score (nSPS) is 16.5. The summed E-state index contributed by atoms with van der Waals surface area (Å²) in [6.07, 6.45) is 3.34. The number of anilines is 2. The van der Waals surface area contributed by atoms with E-state index in [1.165, 1.54) is 6.92 Å². The Morgan fingerprint density at radius 1 is 1.30 bits per heavy atom. The largest absolute Gasteiger partial charge is 0.370 e. The number of piperidine rings is 1. The lowest BCUT2D eigenvalue weighted by molar-refractivity contribution is -0.120. The van der Waals surface area contributed by atoms with Crippen molar-refractivity contribution in [1.29, 1.82) is 5.26 Å². The molecule has 1 unspecified atom stereocenters. The first kappa shape index (κ1) is 18.6. The summed E-state index contributed by atoms with van der Waals surface area (Å²) in [5.74, 6) is 0.216. The summed E-state index contributed by atoms with van der Waals surface area (Å²) in [7, 11) is 0. The second kappa shape index (κ2) is 8.00. The van der Waals surface area contributed by atoms with Gasteiger partial charge in [-0.3, -0.25) is 9.59 Å². The SMILES string of the molecule is CC(=O)c1ccc(C#N)cc1N1CCCC(C(=O)Nc2ccc(C)cn2)C1. The van der Waals surface area contributed by atoms with Gasteiger partial charge in [0.2, 0.25) is 5.91 Å². The van der Waals surface area contributed by atoms with E-state index >= 15 is 0 Å². The Balaban J connectivity index is 1.78. The van der Waals surface area contributed by atoms with Crippen LogP contribution >= 0.6 is 0 Å². The van der Waals surface area contributed by atoms with Crippen molar-refractivity contribution >= 4 is 23.2 Å². The summed E-state index contributed by atoms with van der Waals surface area (Å²) in [4.78, 5) is 30.9. The average molecular weight is 362 g/mol. The van der Waals surface area contributed by atoms with Crippen LogP contribution in [0.2, 0.25) is 0 Å². The Hall–Kier alpha value is -3.20. The summed E-state index contributed by atoms with van der Waals surface area (Å²) in [5, 5.41) is 12.1. The lowest BCUT2D eigenvalue weighted by Gasteiger charge is -2.34. The second-order valence-corrected chi connectivity index (χ2v) is 6.90. The summed E-state index contributed by atoms with van der Waals surface area (Å²) in [6, 6.07) is 10.9. The number of carbonyl (C=O) groups excluding carboxylic acids is 2. The molecule has 27 heavy (non-hydrogen) atoms. The molecule has 1 aromatic carbocycles. The fourth-order valence-electron chi connectivity index (χ4n) is 3.34. The van der Waals surface area contributed by atoms with Crippen LogP contribution in [0.25, 0.3) is 0 Å². The zero-order valence-corrected chi connectivity index (χ0v) is 15.5. The molecule has 0 saturated carbocycles. The van der Waals surface area contributed by atoms with Crippen LogP contribution in [0, 0.1) is 24.2 Å². The van der Waals surface area contributed by atoms with Gasteiger partial charge in [0, 0.05) is 30.5 Å². The molecule has 3 rings (SSSR count). The molecule has 1 aliphatic rings. The van der Waals surface area contributed by atoms with Crippen LogP contribution in [0.4, 0.5) is 11.5 Å². The maximum absolute atomic E-state index is 12.7. The van der Waals surface area contributed by atoms with E-state index in [0.29, 0.717) is 23.5 Å². The quantitative estimate of drug-likeness (QED) is 0.843. The maximum Gasteiger partial charge on any atom is 0.230 e. The number of pyridine rings is 1. The molecular formula is C21H22N4O2. The van der Waals surface area contributed by atoms with E-state index in [4.69, 9.17) is 0 Å². The molecule has 2 aromatic rings. The van der Waals surface area contributed by atoms with E-state index in [1.807, 2.05) is 17.9 Å². The van der Waals surface area contributed by atoms with Gasteiger partial charge in [0.25, 0.3) is 0 Å². The molecule has 1 atom stereocenters. The molecule has 1 amide bonds. The predicted molar refractivity (Wildman–Crippen MR) is 104 cm³/mol. The molecule has 138 valence electrons. The highest BCUT2D eigenvalue weighted by Gasteiger charge is 2.28. The van der Waals surface area contributed by atoms with E-state index in [0.717, 1.165) is 30.6 Å². The zero-order chi connectivity index (χ0) is 19.4. The van der Waals surface area contributed by atoms with Gasteiger partial charge in [-0.25, -0.2) is 4.98 Å². The van der Waals surface area contributed by atoms with Crippen LogP contribution in [0.15, 0.2) is 36.5 Å². The van der Waals surface area contributed by atoms with Crippen molar-refractivity contribution in [3.8, 4) is 6.07 Å². The third-order valence-corrected chi connectivity index (χ3v) is 4.80. The Bertz CT molecular complexity index is 899. The second-order valence-electron chi connectivity index (χ2n) is 6.90. The van der Waals surface area contributed by atoms with Crippen LogP contribution in [-0.4, -0.2) is 29.8 Å². The highest BCUT2D eigenvalue weighted by atomic mass is 16.2. The van der Waals surface area contributed by atoms with Gasteiger partial charge in [-0.05, 0) is 56.5 Å².